The molecule has 7 nitrogen and oxygen atoms in total. The number of rotatable bonds is 7. The summed E-state index contributed by atoms with van der Waals surface area (Å²) < 4.78 is 7.32. The van der Waals surface area contributed by atoms with Crippen LogP contribution in [0, 0.1) is 0 Å². The number of aromatic nitrogens is 2. The van der Waals surface area contributed by atoms with Gasteiger partial charge >= 0.3 is 0 Å². The van der Waals surface area contributed by atoms with Gasteiger partial charge in [-0.2, -0.15) is 5.10 Å². The lowest BCUT2D eigenvalue weighted by atomic mass is 10.1. The molecule has 3 rings (SSSR count). The predicted molar refractivity (Wildman–Crippen MR) is 123 cm³/mol. The Bertz CT molecular complexity index is 742. The third kappa shape index (κ3) is 6.75. The minimum Gasteiger partial charge on any atom is -0.379 e. The Morgan fingerprint density at radius 1 is 1.14 bits per heavy atom. The summed E-state index contributed by atoms with van der Waals surface area (Å²) in [7, 11) is 1.95. The van der Waals surface area contributed by atoms with Gasteiger partial charge in [0.15, 0.2) is 5.96 Å². The lowest BCUT2D eigenvalue weighted by Crippen LogP contribution is -2.37. The number of halogens is 1. The molecule has 1 fully saturated rings. The van der Waals surface area contributed by atoms with Crippen molar-refractivity contribution in [3.8, 4) is 0 Å². The summed E-state index contributed by atoms with van der Waals surface area (Å²) in [6, 6.07) is 10.6. The third-order valence-corrected chi connectivity index (χ3v) is 4.73. The average molecular weight is 498 g/mol. The smallest absolute Gasteiger partial charge is 0.191 e. The fourth-order valence-electron chi connectivity index (χ4n) is 3.12. The molecule has 2 heterocycles. The monoisotopic (exact) mass is 498 g/mol. The van der Waals surface area contributed by atoms with Gasteiger partial charge in [-0.1, -0.05) is 24.3 Å². The van der Waals surface area contributed by atoms with Crippen LogP contribution >= 0.6 is 24.0 Å². The van der Waals surface area contributed by atoms with Gasteiger partial charge < -0.3 is 15.4 Å². The molecule has 0 aliphatic carbocycles. The molecule has 0 atom stereocenters. The molecule has 1 aromatic carbocycles. The van der Waals surface area contributed by atoms with Crippen molar-refractivity contribution in [2.75, 3.05) is 32.8 Å². The fourth-order valence-corrected chi connectivity index (χ4v) is 3.12. The number of guanidine groups is 1. The van der Waals surface area contributed by atoms with E-state index in [0.29, 0.717) is 13.1 Å². The second-order valence-electron chi connectivity index (χ2n) is 6.65. The van der Waals surface area contributed by atoms with Gasteiger partial charge in [0.25, 0.3) is 0 Å². The van der Waals surface area contributed by atoms with Crippen molar-refractivity contribution in [3.63, 3.8) is 0 Å². The molecule has 2 aromatic rings. The summed E-state index contributed by atoms with van der Waals surface area (Å²) in [5, 5.41) is 10.9. The summed E-state index contributed by atoms with van der Waals surface area (Å²) >= 11 is 0. The van der Waals surface area contributed by atoms with Gasteiger partial charge in [0.05, 0.1) is 32.0 Å². The SMILES string of the molecule is CCNC(=NCc1ccccc1CN1CCOCC1)NCc1ccnn1C.I. The molecule has 0 bridgehead atoms. The fraction of sp³-hybridized carbons (Fsp3) is 0.500. The van der Waals surface area contributed by atoms with Crippen LogP contribution in [-0.4, -0.2) is 53.5 Å². The highest BCUT2D eigenvalue weighted by Crippen LogP contribution is 2.14. The molecule has 0 amide bonds. The van der Waals surface area contributed by atoms with Crippen molar-refractivity contribution >= 4 is 29.9 Å². The van der Waals surface area contributed by atoms with Gasteiger partial charge in [0, 0.05) is 39.4 Å². The maximum Gasteiger partial charge on any atom is 0.191 e. The van der Waals surface area contributed by atoms with Crippen LogP contribution in [0.15, 0.2) is 41.5 Å². The molecule has 1 saturated heterocycles. The second kappa shape index (κ2) is 12.0. The summed E-state index contributed by atoms with van der Waals surface area (Å²) in [6.45, 7) is 8.83. The molecule has 154 valence electrons. The third-order valence-electron chi connectivity index (χ3n) is 4.73. The molecule has 28 heavy (non-hydrogen) atoms. The molecule has 0 unspecified atom stereocenters. The first-order valence-electron chi connectivity index (χ1n) is 9.62. The van der Waals surface area contributed by atoms with E-state index in [1.54, 1.807) is 0 Å². The highest BCUT2D eigenvalue weighted by Gasteiger charge is 2.12. The average Bonchev–Trinajstić information content (AvgIpc) is 3.11. The largest absolute Gasteiger partial charge is 0.379 e. The number of benzene rings is 1. The summed E-state index contributed by atoms with van der Waals surface area (Å²) in [6.07, 6.45) is 1.81. The van der Waals surface area contributed by atoms with E-state index in [0.717, 1.165) is 51.0 Å². The van der Waals surface area contributed by atoms with E-state index in [-0.39, 0.29) is 24.0 Å². The lowest BCUT2D eigenvalue weighted by Gasteiger charge is -2.27. The van der Waals surface area contributed by atoms with Gasteiger partial charge in [-0.3, -0.25) is 9.58 Å². The Morgan fingerprint density at radius 2 is 1.89 bits per heavy atom. The molecule has 2 N–H and O–H groups in total. The quantitative estimate of drug-likeness (QED) is 0.348. The first kappa shape index (κ1) is 22.6. The lowest BCUT2D eigenvalue weighted by molar-refractivity contribution is 0.0341. The molecule has 0 radical (unpaired) electrons. The van der Waals surface area contributed by atoms with Crippen molar-refractivity contribution < 1.29 is 4.74 Å². The predicted octanol–water partition coefficient (Wildman–Crippen LogP) is 2.13. The van der Waals surface area contributed by atoms with Crippen LogP contribution in [0.2, 0.25) is 0 Å². The molecular weight excluding hydrogens is 467 g/mol. The number of morpholine rings is 1. The molecule has 1 aromatic heterocycles. The normalized spacial score (nSPS) is 15.1. The minimum absolute atomic E-state index is 0. The minimum atomic E-state index is 0. The van der Waals surface area contributed by atoms with E-state index in [2.05, 4.69) is 51.8 Å². The number of nitrogens with one attached hydrogen (secondary N) is 2. The molecule has 8 heteroatoms. The Morgan fingerprint density at radius 3 is 2.57 bits per heavy atom. The van der Waals surface area contributed by atoms with Gasteiger partial charge in [0.2, 0.25) is 0 Å². The van der Waals surface area contributed by atoms with Gasteiger partial charge in [-0.25, -0.2) is 4.99 Å². The van der Waals surface area contributed by atoms with Crippen LogP contribution in [0.25, 0.3) is 0 Å². The number of nitrogens with zero attached hydrogens (tertiary/aromatic N) is 4. The Labute approximate surface area is 184 Å². The molecular formula is C20H31IN6O. The van der Waals surface area contributed by atoms with Crippen LogP contribution in [0.1, 0.15) is 23.7 Å². The van der Waals surface area contributed by atoms with Crippen molar-refractivity contribution in [3.05, 3.63) is 53.3 Å². The van der Waals surface area contributed by atoms with Crippen molar-refractivity contribution in [2.24, 2.45) is 12.0 Å². The Balaban J connectivity index is 0.00000280. The molecule has 1 aliphatic rings. The molecule has 1 aliphatic heterocycles. The molecule has 0 saturated carbocycles. The van der Waals surface area contributed by atoms with Crippen LogP contribution in [0.5, 0.6) is 0 Å². The van der Waals surface area contributed by atoms with E-state index in [1.807, 2.05) is 24.0 Å². The number of hydrogen-bond acceptors (Lipinski definition) is 4. The number of ether oxygens (including phenoxy) is 1. The van der Waals surface area contributed by atoms with Gasteiger partial charge in [-0.15, -0.1) is 24.0 Å². The maximum absolute atomic E-state index is 5.45. The number of hydrogen-bond donors (Lipinski definition) is 2. The highest BCUT2D eigenvalue weighted by atomic mass is 127. The van der Waals surface area contributed by atoms with E-state index < -0.39 is 0 Å². The topological polar surface area (TPSA) is 66.7 Å². The Kier molecular flexibility index (Phi) is 9.72. The zero-order chi connectivity index (χ0) is 18.9. The molecule has 0 spiro atoms. The van der Waals surface area contributed by atoms with Crippen LogP contribution in [0.3, 0.4) is 0 Å². The zero-order valence-corrected chi connectivity index (χ0v) is 19.1. The van der Waals surface area contributed by atoms with Crippen LogP contribution in [0.4, 0.5) is 0 Å². The second-order valence-corrected chi connectivity index (χ2v) is 6.65. The van der Waals surface area contributed by atoms with E-state index in [9.17, 15) is 0 Å². The van der Waals surface area contributed by atoms with Gasteiger partial charge in [0.1, 0.15) is 0 Å². The van der Waals surface area contributed by atoms with E-state index in [4.69, 9.17) is 9.73 Å². The maximum atomic E-state index is 5.45. The first-order chi connectivity index (χ1) is 13.3. The summed E-state index contributed by atoms with van der Waals surface area (Å²) in [5.41, 5.74) is 3.72. The highest BCUT2D eigenvalue weighted by molar-refractivity contribution is 14.0. The Hall–Kier alpha value is -1.65. The van der Waals surface area contributed by atoms with Crippen molar-refractivity contribution in [1.82, 2.24) is 25.3 Å². The van der Waals surface area contributed by atoms with E-state index in [1.165, 1.54) is 11.1 Å². The standard InChI is InChI=1S/C20H30N6O.HI/c1-3-21-20(23-15-19-8-9-24-25(19)2)22-14-17-6-4-5-7-18(17)16-26-10-12-27-13-11-26;/h4-9H,3,10-16H2,1-2H3,(H2,21,22,23);1H. The summed E-state index contributed by atoms with van der Waals surface area (Å²) in [4.78, 5) is 7.23. The van der Waals surface area contributed by atoms with Crippen LogP contribution in [-0.2, 0) is 31.4 Å². The zero-order valence-electron chi connectivity index (χ0n) is 16.7. The number of aliphatic imine (C=N–C) groups is 1. The van der Waals surface area contributed by atoms with Crippen LogP contribution < -0.4 is 10.6 Å². The van der Waals surface area contributed by atoms with Crippen molar-refractivity contribution in [1.29, 1.82) is 0 Å². The number of aryl methyl sites for hydroxylation is 1. The van der Waals surface area contributed by atoms with Gasteiger partial charge in [-0.05, 0) is 24.1 Å². The summed E-state index contributed by atoms with van der Waals surface area (Å²) in [5.74, 6) is 0.819. The van der Waals surface area contributed by atoms with E-state index >= 15 is 0 Å². The first-order valence-corrected chi connectivity index (χ1v) is 9.62. The van der Waals surface area contributed by atoms with Crippen molar-refractivity contribution in [2.45, 2.75) is 26.6 Å².